The molecule has 8 atom stereocenters. The van der Waals surface area contributed by atoms with Crippen molar-refractivity contribution in [2.24, 2.45) is 23.7 Å². The normalized spacial score (nSPS) is 34.0. The standard InChI is InChI=1S/C33H40FN3O4/c1-18-14-19(2)16-23(15-18)35-30(38)27-26-12-13-33(41-26)28(27)32(40)37(17-22-9-5-6-10-24(22)34)29(33)31(39)36-25-11-7-8-20(3)21(25)4/h5-6,9-10,14-16,20-21,25-29H,7-8,11-13,17H2,1-4H3,(H,35,38)(H,36,39). The van der Waals surface area contributed by atoms with Crippen LogP contribution in [0.2, 0.25) is 0 Å². The van der Waals surface area contributed by atoms with Gasteiger partial charge >= 0.3 is 0 Å². The topological polar surface area (TPSA) is 87.7 Å². The van der Waals surface area contributed by atoms with Gasteiger partial charge in [-0.25, -0.2) is 4.39 Å². The lowest BCUT2D eigenvalue weighted by Crippen LogP contribution is -2.58. The fraction of sp³-hybridized carbons (Fsp3) is 0.545. The zero-order chi connectivity index (χ0) is 29.1. The Kier molecular flexibility index (Phi) is 7.17. The van der Waals surface area contributed by atoms with Gasteiger partial charge in [-0.3, -0.25) is 14.4 Å². The van der Waals surface area contributed by atoms with E-state index in [4.69, 9.17) is 4.74 Å². The second kappa shape index (κ2) is 10.5. The van der Waals surface area contributed by atoms with Gasteiger partial charge in [0.05, 0.1) is 17.9 Å². The number of hydrogen-bond acceptors (Lipinski definition) is 4. The molecule has 8 unspecified atom stereocenters. The van der Waals surface area contributed by atoms with Crippen LogP contribution in [0, 0.1) is 43.3 Å². The summed E-state index contributed by atoms with van der Waals surface area (Å²) in [6.07, 6.45) is 3.68. The van der Waals surface area contributed by atoms with E-state index in [9.17, 15) is 18.8 Å². The minimum atomic E-state index is -1.12. The van der Waals surface area contributed by atoms with E-state index < -0.39 is 35.4 Å². The van der Waals surface area contributed by atoms with E-state index in [2.05, 4.69) is 24.5 Å². The molecule has 2 N–H and O–H groups in total. The minimum Gasteiger partial charge on any atom is -0.367 e. The Balaban J connectivity index is 1.33. The van der Waals surface area contributed by atoms with E-state index in [-0.39, 0.29) is 30.3 Å². The molecule has 2 aromatic carbocycles. The van der Waals surface area contributed by atoms with Crippen molar-refractivity contribution in [3.05, 3.63) is 65.0 Å². The van der Waals surface area contributed by atoms with E-state index in [1.807, 2.05) is 32.0 Å². The average Bonchev–Trinajstić information content (AvgIpc) is 3.55. The number of aryl methyl sites for hydroxylation is 2. The summed E-state index contributed by atoms with van der Waals surface area (Å²) in [6, 6.07) is 11.2. The van der Waals surface area contributed by atoms with Crippen LogP contribution in [0.15, 0.2) is 42.5 Å². The summed E-state index contributed by atoms with van der Waals surface area (Å²) in [5.74, 6) is -2.05. The first-order valence-corrected chi connectivity index (χ1v) is 15.0. The second-order valence-corrected chi connectivity index (χ2v) is 12.9. The molecule has 41 heavy (non-hydrogen) atoms. The van der Waals surface area contributed by atoms with E-state index in [1.54, 1.807) is 18.2 Å². The molecule has 3 amide bonds. The molecule has 1 aliphatic carbocycles. The third-order valence-corrected chi connectivity index (χ3v) is 10.2. The molecule has 0 aromatic heterocycles. The van der Waals surface area contributed by atoms with Crippen LogP contribution in [0.1, 0.15) is 62.6 Å². The molecule has 2 aromatic rings. The number of amides is 3. The second-order valence-electron chi connectivity index (χ2n) is 12.9. The third-order valence-electron chi connectivity index (χ3n) is 10.2. The Labute approximate surface area is 241 Å². The van der Waals surface area contributed by atoms with Crippen LogP contribution in [0.5, 0.6) is 0 Å². The number of carbonyl (C=O) groups is 3. The van der Waals surface area contributed by atoms with Gasteiger partial charge in [-0.2, -0.15) is 0 Å². The first-order valence-electron chi connectivity index (χ1n) is 15.0. The van der Waals surface area contributed by atoms with Gasteiger partial charge in [0.25, 0.3) is 0 Å². The zero-order valence-corrected chi connectivity index (χ0v) is 24.3. The molecule has 4 aliphatic rings. The lowest BCUT2D eigenvalue weighted by atomic mass is 9.70. The number of benzene rings is 2. The molecule has 0 radical (unpaired) electrons. The molecule has 8 heteroatoms. The molecule has 3 heterocycles. The number of ether oxygens (including phenoxy) is 1. The van der Waals surface area contributed by atoms with Gasteiger partial charge in [0.2, 0.25) is 17.7 Å². The van der Waals surface area contributed by atoms with Gasteiger partial charge in [-0.05, 0) is 74.3 Å². The first kappa shape index (κ1) is 27.9. The number of rotatable bonds is 6. The van der Waals surface area contributed by atoms with Crippen LogP contribution in [0.3, 0.4) is 0 Å². The highest BCUT2D eigenvalue weighted by Gasteiger charge is 2.74. The van der Waals surface area contributed by atoms with E-state index in [0.717, 1.165) is 30.4 Å². The number of hydrogen-bond donors (Lipinski definition) is 2. The van der Waals surface area contributed by atoms with Crippen LogP contribution in [0.4, 0.5) is 10.1 Å². The lowest BCUT2D eigenvalue weighted by Gasteiger charge is -2.38. The number of fused-ring (bicyclic) bond motifs is 1. The van der Waals surface area contributed by atoms with Gasteiger partial charge in [-0.1, -0.05) is 51.0 Å². The molecule has 2 bridgehead atoms. The Bertz CT molecular complexity index is 1360. The van der Waals surface area contributed by atoms with E-state index in [1.165, 1.54) is 11.0 Å². The smallest absolute Gasteiger partial charge is 0.246 e. The molecule has 3 saturated heterocycles. The maximum Gasteiger partial charge on any atom is 0.246 e. The van der Waals surface area contributed by atoms with Crippen molar-refractivity contribution in [3.63, 3.8) is 0 Å². The van der Waals surface area contributed by atoms with Gasteiger partial charge in [0, 0.05) is 23.8 Å². The summed E-state index contributed by atoms with van der Waals surface area (Å²) in [4.78, 5) is 43.7. The number of likely N-dealkylation sites (tertiary alicyclic amines) is 1. The van der Waals surface area contributed by atoms with Crippen molar-refractivity contribution in [2.45, 2.75) is 90.1 Å². The Morgan fingerprint density at radius 2 is 1.78 bits per heavy atom. The number of carbonyl (C=O) groups excluding carboxylic acids is 3. The quantitative estimate of drug-likeness (QED) is 0.526. The largest absolute Gasteiger partial charge is 0.367 e. The van der Waals surface area contributed by atoms with Gasteiger partial charge in [-0.15, -0.1) is 0 Å². The highest BCUT2D eigenvalue weighted by atomic mass is 19.1. The molecule has 1 saturated carbocycles. The molecule has 3 aliphatic heterocycles. The number of anilines is 1. The third kappa shape index (κ3) is 4.74. The van der Waals surface area contributed by atoms with Crippen molar-refractivity contribution in [1.82, 2.24) is 10.2 Å². The lowest BCUT2D eigenvalue weighted by molar-refractivity contribution is -0.142. The zero-order valence-electron chi connectivity index (χ0n) is 24.3. The van der Waals surface area contributed by atoms with Crippen LogP contribution in [-0.4, -0.2) is 46.4 Å². The summed E-state index contributed by atoms with van der Waals surface area (Å²) >= 11 is 0. The first-order chi connectivity index (χ1) is 19.6. The van der Waals surface area contributed by atoms with Crippen molar-refractivity contribution in [2.75, 3.05) is 5.32 Å². The molecular weight excluding hydrogens is 521 g/mol. The van der Waals surface area contributed by atoms with Crippen molar-refractivity contribution in [1.29, 1.82) is 0 Å². The Morgan fingerprint density at radius 3 is 2.51 bits per heavy atom. The van der Waals surface area contributed by atoms with Gasteiger partial charge < -0.3 is 20.3 Å². The number of nitrogens with zero attached hydrogens (tertiary/aromatic N) is 1. The number of halogens is 1. The highest BCUT2D eigenvalue weighted by molar-refractivity contribution is 6.02. The highest BCUT2D eigenvalue weighted by Crippen LogP contribution is 2.58. The molecule has 1 spiro atoms. The maximum atomic E-state index is 14.8. The Morgan fingerprint density at radius 1 is 1.05 bits per heavy atom. The van der Waals surface area contributed by atoms with Gasteiger partial charge in [0.1, 0.15) is 17.5 Å². The van der Waals surface area contributed by atoms with Crippen molar-refractivity contribution >= 4 is 23.4 Å². The fourth-order valence-corrected chi connectivity index (χ4v) is 8.05. The monoisotopic (exact) mass is 561 g/mol. The average molecular weight is 562 g/mol. The predicted octanol–water partition coefficient (Wildman–Crippen LogP) is 4.90. The molecule has 4 fully saturated rings. The molecule has 7 nitrogen and oxygen atoms in total. The summed E-state index contributed by atoms with van der Waals surface area (Å²) in [6.45, 7) is 8.25. The summed E-state index contributed by atoms with van der Waals surface area (Å²) in [7, 11) is 0. The molecular formula is C33H40FN3O4. The SMILES string of the molecule is Cc1cc(C)cc(NC(=O)C2C3CCC4(O3)C2C(=O)N(Cc2ccccc2F)C4C(=O)NC2CCCC(C)C2C)c1. The maximum absolute atomic E-state index is 14.8. The van der Waals surface area contributed by atoms with Crippen molar-refractivity contribution in [3.8, 4) is 0 Å². The predicted molar refractivity (Wildman–Crippen MR) is 153 cm³/mol. The minimum absolute atomic E-state index is 0.00521. The summed E-state index contributed by atoms with van der Waals surface area (Å²) < 4.78 is 21.4. The van der Waals surface area contributed by atoms with Gasteiger partial charge in [0.15, 0.2) is 0 Å². The molecule has 218 valence electrons. The van der Waals surface area contributed by atoms with Crippen LogP contribution in [0.25, 0.3) is 0 Å². The fourth-order valence-electron chi connectivity index (χ4n) is 8.05. The van der Waals surface area contributed by atoms with E-state index in [0.29, 0.717) is 35.9 Å². The summed E-state index contributed by atoms with van der Waals surface area (Å²) in [5, 5.41) is 6.30. The Hall–Kier alpha value is -3.26. The molecule has 6 rings (SSSR count). The summed E-state index contributed by atoms with van der Waals surface area (Å²) in [5.41, 5.74) is 1.94. The van der Waals surface area contributed by atoms with Crippen LogP contribution >= 0.6 is 0 Å². The number of nitrogens with one attached hydrogen (secondary N) is 2. The van der Waals surface area contributed by atoms with Crippen molar-refractivity contribution < 1.29 is 23.5 Å². The van der Waals surface area contributed by atoms with E-state index >= 15 is 0 Å². The van der Waals surface area contributed by atoms with Crippen LogP contribution < -0.4 is 10.6 Å². The van der Waals surface area contributed by atoms with Crippen LogP contribution in [-0.2, 0) is 25.7 Å².